The van der Waals surface area contributed by atoms with Crippen LogP contribution in [0.25, 0.3) is 0 Å². The standard InChI is InChI=1S/C20H28N4OS/c1-4-26-19-23-22-17(24(19)3)15(2)21-18(25)20(13-9-6-10-14-20)16-11-7-5-8-12-16/h5,7-8,11-12,15H,4,6,9-10,13-14H2,1-3H3,(H,21,25)/t15-/m1/s1. The first kappa shape index (κ1) is 19.0. The second-order valence-corrected chi connectivity index (χ2v) is 8.27. The first-order valence-corrected chi connectivity index (χ1v) is 10.5. The fourth-order valence-corrected chi connectivity index (χ4v) is 4.56. The van der Waals surface area contributed by atoms with E-state index in [4.69, 9.17) is 0 Å². The molecule has 1 N–H and O–H groups in total. The van der Waals surface area contributed by atoms with E-state index in [9.17, 15) is 4.79 Å². The average molecular weight is 373 g/mol. The summed E-state index contributed by atoms with van der Waals surface area (Å²) in [5.41, 5.74) is 0.706. The maximum Gasteiger partial charge on any atom is 0.231 e. The lowest BCUT2D eigenvalue weighted by Crippen LogP contribution is -2.46. The fourth-order valence-electron chi connectivity index (χ4n) is 3.92. The molecule has 1 aromatic carbocycles. The zero-order chi connectivity index (χ0) is 18.6. The maximum atomic E-state index is 13.4. The van der Waals surface area contributed by atoms with Crippen molar-refractivity contribution in [2.24, 2.45) is 7.05 Å². The summed E-state index contributed by atoms with van der Waals surface area (Å²) in [6.07, 6.45) is 5.21. The summed E-state index contributed by atoms with van der Waals surface area (Å²) < 4.78 is 1.98. The Hall–Kier alpha value is -1.82. The van der Waals surface area contributed by atoms with E-state index in [2.05, 4.69) is 34.6 Å². The number of carbonyl (C=O) groups is 1. The Balaban J connectivity index is 1.82. The third-order valence-electron chi connectivity index (χ3n) is 5.35. The number of nitrogens with zero attached hydrogens (tertiary/aromatic N) is 3. The van der Waals surface area contributed by atoms with E-state index in [1.165, 1.54) is 6.42 Å². The summed E-state index contributed by atoms with van der Waals surface area (Å²) in [7, 11) is 1.96. The van der Waals surface area contributed by atoms with E-state index in [0.717, 1.165) is 48.0 Å². The second-order valence-electron chi connectivity index (χ2n) is 7.04. The molecule has 1 aromatic heterocycles. The zero-order valence-corrected chi connectivity index (χ0v) is 16.7. The number of aromatic nitrogens is 3. The van der Waals surface area contributed by atoms with E-state index < -0.39 is 5.41 Å². The number of rotatable bonds is 6. The molecule has 0 unspecified atom stereocenters. The van der Waals surface area contributed by atoms with Crippen LogP contribution in [0, 0.1) is 0 Å². The average Bonchev–Trinajstić information content (AvgIpc) is 3.04. The lowest BCUT2D eigenvalue weighted by Gasteiger charge is -2.37. The number of carbonyl (C=O) groups excluding carboxylic acids is 1. The van der Waals surface area contributed by atoms with Gasteiger partial charge in [0.05, 0.1) is 11.5 Å². The van der Waals surface area contributed by atoms with E-state index in [1.807, 2.05) is 36.7 Å². The summed E-state index contributed by atoms with van der Waals surface area (Å²) in [6, 6.07) is 10.1. The van der Waals surface area contributed by atoms with E-state index >= 15 is 0 Å². The van der Waals surface area contributed by atoms with Gasteiger partial charge < -0.3 is 9.88 Å². The first-order chi connectivity index (χ1) is 12.6. The summed E-state index contributed by atoms with van der Waals surface area (Å²) in [5.74, 6) is 1.86. The van der Waals surface area contributed by atoms with Gasteiger partial charge in [-0.2, -0.15) is 0 Å². The Morgan fingerprint density at radius 3 is 2.58 bits per heavy atom. The lowest BCUT2D eigenvalue weighted by atomic mass is 9.68. The molecule has 1 heterocycles. The van der Waals surface area contributed by atoms with Gasteiger partial charge in [0.25, 0.3) is 0 Å². The predicted octanol–water partition coefficient (Wildman–Crippen LogP) is 4.01. The van der Waals surface area contributed by atoms with Crippen LogP contribution < -0.4 is 5.32 Å². The molecule has 6 heteroatoms. The number of hydrogen-bond acceptors (Lipinski definition) is 4. The Labute approximate surface area is 160 Å². The van der Waals surface area contributed by atoms with Crippen LogP contribution in [0.5, 0.6) is 0 Å². The number of benzene rings is 1. The van der Waals surface area contributed by atoms with Crippen molar-refractivity contribution >= 4 is 17.7 Å². The molecule has 26 heavy (non-hydrogen) atoms. The first-order valence-electron chi connectivity index (χ1n) is 9.47. The van der Waals surface area contributed by atoms with Crippen LogP contribution in [0.2, 0.25) is 0 Å². The quantitative estimate of drug-likeness (QED) is 0.779. The second kappa shape index (κ2) is 8.25. The topological polar surface area (TPSA) is 59.8 Å². The van der Waals surface area contributed by atoms with Crippen LogP contribution in [0.4, 0.5) is 0 Å². The molecule has 140 valence electrons. The summed E-state index contributed by atoms with van der Waals surface area (Å²) in [5, 5.41) is 12.7. The Bertz CT molecular complexity index is 738. The molecule has 0 bridgehead atoms. The SMILES string of the molecule is CCSc1nnc([C@@H](C)NC(=O)C2(c3ccccc3)CCCCC2)n1C. The molecule has 0 saturated heterocycles. The maximum absolute atomic E-state index is 13.4. The van der Waals surface area contributed by atoms with Crippen molar-refractivity contribution in [2.45, 2.75) is 62.6 Å². The molecule has 1 fully saturated rings. The van der Waals surface area contributed by atoms with Gasteiger partial charge in [0, 0.05) is 7.05 Å². The van der Waals surface area contributed by atoms with Gasteiger partial charge in [-0.05, 0) is 31.1 Å². The Morgan fingerprint density at radius 2 is 1.92 bits per heavy atom. The van der Waals surface area contributed by atoms with Gasteiger partial charge in [0.15, 0.2) is 11.0 Å². The molecule has 0 aliphatic heterocycles. The van der Waals surface area contributed by atoms with Gasteiger partial charge in [-0.3, -0.25) is 4.79 Å². The van der Waals surface area contributed by atoms with Gasteiger partial charge in [-0.15, -0.1) is 10.2 Å². The molecule has 1 atom stereocenters. The molecule has 2 aromatic rings. The van der Waals surface area contributed by atoms with E-state index in [1.54, 1.807) is 11.8 Å². The number of amides is 1. The van der Waals surface area contributed by atoms with Crippen molar-refractivity contribution in [1.29, 1.82) is 0 Å². The van der Waals surface area contributed by atoms with Gasteiger partial charge in [-0.25, -0.2) is 0 Å². The van der Waals surface area contributed by atoms with Crippen LogP contribution in [0.3, 0.4) is 0 Å². The monoisotopic (exact) mass is 372 g/mol. The molecule has 1 amide bonds. The van der Waals surface area contributed by atoms with Gasteiger partial charge in [0.1, 0.15) is 0 Å². The van der Waals surface area contributed by atoms with Crippen molar-refractivity contribution < 1.29 is 4.79 Å². The summed E-state index contributed by atoms with van der Waals surface area (Å²) >= 11 is 1.66. The summed E-state index contributed by atoms with van der Waals surface area (Å²) in [6.45, 7) is 4.08. The van der Waals surface area contributed by atoms with Crippen LogP contribution >= 0.6 is 11.8 Å². The lowest BCUT2D eigenvalue weighted by molar-refractivity contribution is -0.128. The highest BCUT2D eigenvalue weighted by Gasteiger charge is 2.41. The van der Waals surface area contributed by atoms with Crippen LogP contribution in [0.1, 0.15) is 63.4 Å². The molecule has 3 rings (SSSR count). The van der Waals surface area contributed by atoms with Crippen molar-refractivity contribution in [3.8, 4) is 0 Å². The molecular weight excluding hydrogens is 344 g/mol. The smallest absolute Gasteiger partial charge is 0.231 e. The third-order valence-corrected chi connectivity index (χ3v) is 6.25. The van der Waals surface area contributed by atoms with Crippen LogP contribution in [0.15, 0.2) is 35.5 Å². The highest BCUT2D eigenvalue weighted by atomic mass is 32.2. The molecule has 0 radical (unpaired) electrons. The molecule has 5 nitrogen and oxygen atoms in total. The number of thioether (sulfide) groups is 1. The Kier molecular flexibility index (Phi) is 6.01. The van der Waals surface area contributed by atoms with Crippen molar-refractivity contribution in [3.63, 3.8) is 0 Å². The zero-order valence-electron chi connectivity index (χ0n) is 15.9. The predicted molar refractivity (Wildman–Crippen MR) is 105 cm³/mol. The molecule has 1 aliphatic carbocycles. The number of nitrogens with one attached hydrogen (secondary N) is 1. The largest absolute Gasteiger partial charge is 0.346 e. The third kappa shape index (κ3) is 3.65. The minimum atomic E-state index is -0.423. The van der Waals surface area contributed by atoms with Crippen molar-refractivity contribution in [2.75, 3.05) is 5.75 Å². The van der Waals surface area contributed by atoms with E-state index in [-0.39, 0.29) is 11.9 Å². The molecule has 0 spiro atoms. The normalized spacial score (nSPS) is 17.7. The fraction of sp³-hybridized carbons (Fsp3) is 0.550. The van der Waals surface area contributed by atoms with E-state index in [0.29, 0.717) is 0 Å². The minimum absolute atomic E-state index is 0.114. The molecular formula is C20H28N4OS. The van der Waals surface area contributed by atoms with Gasteiger partial charge >= 0.3 is 0 Å². The Morgan fingerprint density at radius 1 is 1.23 bits per heavy atom. The summed E-state index contributed by atoms with van der Waals surface area (Å²) in [4.78, 5) is 13.4. The molecule has 1 aliphatic rings. The minimum Gasteiger partial charge on any atom is -0.346 e. The van der Waals surface area contributed by atoms with Gasteiger partial charge in [0.2, 0.25) is 5.91 Å². The number of hydrogen-bond donors (Lipinski definition) is 1. The van der Waals surface area contributed by atoms with Crippen molar-refractivity contribution in [1.82, 2.24) is 20.1 Å². The highest BCUT2D eigenvalue weighted by molar-refractivity contribution is 7.99. The highest BCUT2D eigenvalue weighted by Crippen LogP contribution is 2.40. The van der Waals surface area contributed by atoms with Gasteiger partial charge in [-0.1, -0.05) is 68.3 Å². The molecule has 1 saturated carbocycles. The van der Waals surface area contributed by atoms with Crippen LogP contribution in [-0.4, -0.2) is 26.4 Å². The van der Waals surface area contributed by atoms with Crippen molar-refractivity contribution in [3.05, 3.63) is 41.7 Å². The van der Waals surface area contributed by atoms with Crippen LogP contribution in [-0.2, 0) is 17.3 Å².